The second kappa shape index (κ2) is 7.77. The summed E-state index contributed by atoms with van der Waals surface area (Å²) < 4.78 is 11.9. The van der Waals surface area contributed by atoms with E-state index in [1.807, 2.05) is 55.3 Å². The fourth-order valence-electron chi connectivity index (χ4n) is 3.17. The van der Waals surface area contributed by atoms with Crippen molar-refractivity contribution >= 4 is 27.5 Å². The molecule has 1 amide bonds. The van der Waals surface area contributed by atoms with Crippen molar-refractivity contribution in [3.8, 4) is 11.5 Å². The normalized spacial score (nSPS) is 15.0. The van der Waals surface area contributed by atoms with Crippen LogP contribution >= 0.6 is 11.3 Å². The van der Waals surface area contributed by atoms with Crippen LogP contribution in [0.25, 0.3) is 10.2 Å². The summed E-state index contributed by atoms with van der Waals surface area (Å²) in [6.07, 6.45) is 0. The number of hydrogen-bond acceptors (Lipinski definition) is 6. The Morgan fingerprint density at radius 3 is 2.82 bits per heavy atom. The third-order valence-corrected chi connectivity index (χ3v) is 6.20. The average molecular weight is 398 g/mol. The molecule has 0 bridgehead atoms. The lowest BCUT2D eigenvalue weighted by atomic mass is 10.1. The predicted octanol–water partition coefficient (Wildman–Crippen LogP) is 3.90. The van der Waals surface area contributed by atoms with E-state index < -0.39 is 0 Å². The summed E-state index contributed by atoms with van der Waals surface area (Å²) >= 11 is 1.67. The molecule has 1 N–H and O–H groups in total. The van der Waals surface area contributed by atoms with Crippen molar-refractivity contribution in [3.63, 3.8) is 0 Å². The van der Waals surface area contributed by atoms with Gasteiger partial charge in [-0.25, -0.2) is 4.98 Å². The van der Waals surface area contributed by atoms with E-state index >= 15 is 0 Å². The van der Waals surface area contributed by atoms with E-state index in [4.69, 9.17) is 14.5 Å². The monoisotopic (exact) mass is 397 g/mol. The minimum atomic E-state index is -0.117. The molecular weight excluding hydrogens is 374 g/mol. The van der Waals surface area contributed by atoms with E-state index in [1.54, 1.807) is 11.3 Å². The van der Waals surface area contributed by atoms with Crippen molar-refractivity contribution in [1.82, 2.24) is 15.2 Å². The molecule has 0 fully saturated rings. The molecular formula is C21H23N3O3S. The zero-order chi connectivity index (χ0) is 19.7. The quantitative estimate of drug-likeness (QED) is 0.684. The van der Waals surface area contributed by atoms with Gasteiger partial charge in [0.25, 0.3) is 0 Å². The molecule has 0 saturated carbocycles. The largest absolute Gasteiger partial charge is 0.454 e. The minimum absolute atomic E-state index is 0.0272. The minimum Gasteiger partial charge on any atom is -0.454 e. The Balaban J connectivity index is 1.37. The second-order valence-electron chi connectivity index (χ2n) is 7.01. The number of nitrogens with zero attached hydrogens (tertiary/aromatic N) is 2. The van der Waals surface area contributed by atoms with Crippen molar-refractivity contribution in [2.45, 2.75) is 25.9 Å². The number of aromatic nitrogens is 1. The standard InChI is InChI=1S/C21H23N3O3S/c1-13(15-8-9-17-18(10-15)27-12-26-17)22-20(25)11-24(3)14(2)21-23-16-6-4-5-7-19(16)28-21/h4-10,13-14H,11-12H2,1-3H3,(H,22,25)/t13-,14+/m1/s1. The molecule has 0 aliphatic carbocycles. The van der Waals surface area contributed by atoms with Gasteiger partial charge in [-0.2, -0.15) is 0 Å². The molecule has 0 unspecified atom stereocenters. The molecule has 7 heteroatoms. The third kappa shape index (κ3) is 3.81. The number of hydrogen-bond donors (Lipinski definition) is 1. The number of para-hydroxylation sites is 1. The molecule has 3 aromatic rings. The lowest BCUT2D eigenvalue weighted by Crippen LogP contribution is -2.37. The van der Waals surface area contributed by atoms with Gasteiger partial charge >= 0.3 is 0 Å². The molecule has 0 radical (unpaired) electrons. The Labute approximate surface area is 168 Å². The number of thiazole rings is 1. The highest BCUT2D eigenvalue weighted by Gasteiger charge is 2.21. The van der Waals surface area contributed by atoms with Crippen LogP contribution in [-0.2, 0) is 4.79 Å². The van der Waals surface area contributed by atoms with Crippen LogP contribution in [0.5, 0.6) is 11.5 Å². The van der Waals surface area contributed by atoms with Gasteiger partial charge in [0, 0.05) is 0 Å². The van der Waals surface area contributed by atoms with E-state index in [2.05, 4.69) is 18.3 Å². The second-order valence-corrected chi connectivity index (χ2v) is 8.08. The van der Waals surface area contributed by atoms with E-state index in [1.165, 1.54) is 4.70 Å². The van der Waals surface area contributed by atoms with Gasteiger partial charge in [-0.1, -0.05) is 18.2 Å². The van der Waals surface area contributed by atoms with Crippen LogP contribution in [0.2, 0.25) is 0 Å². The van der Waals surface area contributed by atoms with Crippen LogP contribution < -0.4 is 14.8 Å². The van der Waals surface area contributed by atoms with Gasteiger partial charge in [0.1, 0.15) is 5.01 Å². The molecule has 1 aliphatic heterocycles. The number of likely N-dealkylation sites (N-methyl/N-ethyl adjacent to an activating group) is 1. The SMILES string of the molecule is C[C@@H](NC(=O)CN(C)[C@@H](C)c1nc2ccccc2s1)c1ccc2c(c1)OCO2. The summed E-state index contributed by atoms with van der Waals surface area (Å²) in [5, 5.41) is 4.07. The summed E-state index contributed by atoms with van der Waals surface area (Å²) in [6, 6.07) is 13.8. The number of fused-ring (bicyclic) bond motifs is 2. The number of ether oxygens (including phenoxy) is 2. The van der Waals surface area contributed by atoms with Gasteiger partial charge in [-0.15, -0.1) is 11.3 Å². The highest BCUT2D eigenvalue weighted by Crippen LogP contribution is 2.34. The summed E-state index contributed by atoms with van der Waals surface area (Å²) in [5.41, 5.74) is 1.99. The molecule has 2 aromatic carbocycles. The highest BCUT2D eigenvalue weighted by atomic mass is 32.1. The van der Waals surface area contributed by atoms with Gasteiger partial charge < -0.3 is 14.8 Å². The Kier molecular flexibility index (Phi) is 5.19. The first-order valence-corrected chi connectivity index (χ1v) is 10.1. The van der Waals surface area contributed by atoms with Gasteiger partial charge in [0.05, 0.1) is 28.8 Å². The highest BCUT2D eigenvalue weighted by molar-refractivity contribution is 7.18. The van der Waals surface area contributed by atoms with Crippen LogP contribution in [0.3, 0.4) is 0 Å². The summed E-state index contributed by atoms with van der Waals surface area (Å²) in [6.45, 7) is 4.58. The van der Waals surface area contributed by atoms with Crippen molar-refractivity contribution < 1.29 is 14.3 Å². The van der Waals surface area contributed by atoms with Crippen molar-refractivity contribution in [1.29, 1.82) is 0 Å². The Hall–Kier alpha value is -2.64. The molecule has 6 nitrogen and oxygen atoms in total. The maximum absolute atomic E-state index is 12.6. The average Bonchev–Trinajstić information content (AvgIpc) is 3.32. The lowest BCUT2D eigenvalue weighted by molar-refractivity contribution is -0.123. The van der Waals surface area contributed by atoms with E-state index in [0.29, 0.717) is 6.54 Å². The molecule has 1 aromatic heterocycles. The van der Waals surface area contributed by atoms with Crippen LogP contribution in [0, 0.1) is 0 Å². The first-order chi connectivity index (χ1) is 13.5. The maximum Gasteiger partial charge on any atom is 0.234 e. The van der Waals surface area contributed by atoms with Crippen molar-refractivity contribution in [2.75, 3.05) is 20.4 Å². The Bertz CT molecular complexity index is 970. The molecule has 2 atom stereocenters. The first kappa shape index (κ1) is 18.7. The number of amides is 1. The number of rotatable bonds is 6. The van der Waals surface area contributed by atoms with E-state index in [0.717, 1.165) is 27.6 Å². The number of benzene rings is 2. The van der Waals surface area contributed by atoms with Gasteiger partial charge in [0.2, 0.25) is 12.7 Å². The zero-order valence-electron chi connectivity index (χ0n) is 16.1. The number of nitrogens with one attached hydrogen (secondary N) is 1. The predicted molar refractivity (Wildman–Crippen MR) is 110 cm³/mol. The topological polar surface area (TPSA) is 63.7 Å². The fourth-order valence-corrected chi connectivity index (χ4v) is 4.26. The molecule has 2 heterocycles. The van der Waals surface area contributed by atoms with Gasteiger partial charge in [0.15, 0.2) is 11.5 Å². The summed E-state index contributed by atoms with van der Waals surface area (Å²) in [7, 11) is 1.95. The molecule has 1 aliphatic rings. The van der Waals surface area contributed by atoms with E-state index in [9.17, 15) is 4.79 Å². The molecule has 28 heavy (non-hydrogen) atoms. The van der Waals surface area contributed by atoms with Crippen LogP contribution in [-0.4, -0.2) is 36.2 Å². The third-order valence-electron chi connectivity index (χ3n) is 5.00. The zero-order valence-corrected chi connectivity index (χ0v) is 17.0. The Morgan fingerprint density at radius 2 is 2.00 bits per heavy atom. The van der Waals surface area contributed by atoms with Crippen molar-refractivity contribution in [3.05, 3.63) is 53.0 Å². The molecule has 0 saturated heterocycles. The molecule has 0 spiro atoms. The van der Waals surface area contributed by atoms with E-state index in [-0.39, 0.29) is 24.8 Å². The summed E-state index contributed by atoms with van der Waals surface area (Å²) in [4.78, 5) is 19.3. The molecule has 4 rings (SSSR count). The van der Waals surface area contributed by atoms with Crippen LogP contribution in [0.15, 0.2) is 42.5 Å². The van der Waals surface area contributed by atoms with Gasteiger partial charge in [-0.05, 0) is 50.7 Å². The maximum atomic E-state index is 12.6. The Morgan fingerprint density at radius 1 is 1.21 bits per heavy atom. The van der Waals surface area contributed by atoms with Crippen LogP contribution in [0.4, 0.5) is 0 Å². The molecule has 146 valence electrons. The lowest BCUT2D eigenvalue weighted by Gasteiger charge is -2.23. The van der Waals surface area contributed by atoms with Gasteiger partial charge in [-0.3, -0.25) is 9.69 Å². The number of carbonyl (C=O) groups excluding carboxylic acids is 1. The number of carbonyl (C=O) groups is 1. The van der Waals surface area contributed by atoms with Crippen LogP contribution in [0.1, 0.15) is 36.5 Å². The smallest absolute Gasteiger partial charge is 0.234 e. The van der Waals surface area contributed by atoms with Crippen molar-refractivity contribution in [2.24, 2.45) is 0 Å². The fraction of sp³-hybridized carbons (Fsp3) is 0.333. The first-order valence-electron chi connectivity index (χ1n) is 9.26. The summed E-state index contributed by atoms with van der Waals surface area (Å²) in [5.74, 6) is 1.44.